The van der Waals surface area contributed by atoms with Crippen LogP contribution in [0.1, 0.15) is 39.9 Å². The van der Waals surface area contributed by atoms with Gasteiger partial charge >= 0.3 is 0 Å². The highest BCUT2D eigenvalue weighted by molar-refractivity contribution is 6.52. The molecule has 2 aliphatic heterocycles. The highest BCUT2D eigenvalue weighted by atomic mass is 16.2. The number of hydrogen-bond donors (Lipinski definition) is 1. The van der Waals surface area contributed by atoms with Crippen LogP contribution in [0.3, 0.4) is 0 Å². The number of carbonyl (C=O) groups is 2. The Morgan fingerprint density at radius 3 is 2.60 bits per heavy atom. The van der Waals surface area contributed by atoms with Gasteiger partial charge in [0.15, 0.2) is 0 Å². The first-order chi connectivity index (χ1) is 9.58. The van der Waals surface area contributed by atoms with Crippen molar-refractivity contribution < 1.29 is 9.59 Å². The number of Topliss-reactive ketones (excluding diaryl/α,β-unsaturated/α-hetero) is 1. The molecule has 0 aromatic heterocycles. The fraction of sp³-hybridized carbons (Fsp3) is 0.500. The van der Waals surface area contributed by atoms with Gasteiger partial charge in [0, 0.05) is 6.54 Å². The van der Waals surface area contributed by atoms with Crippen LogP contribution in [0.5, 0.6) is 0 Å². The molecule has 4 heteroatoms. The van der Waals surface area contributed by atoms with Crippen molar-refractivity contribution in [2.45, 2.75) is 33.1 Å². The van der Waals surface area contributed by atoms with Crippen LogP contribution in [-0.2, 0) is 11.2 Å². The molecular weight excluding hydrogens is 252 g/mol. The average molecular weight is 272 g/mol. The van der Waals surface area contributed by atoms with E-state index in [0.29, 0.717) is 11.3 Å². The fourth-order valence-corrected chi connectivity index (χ4v) is 3.26. The number of benzene rings is 1. The monoisotopic (exact) mass is 272 g/mol. The molecular formula is C16H20N2O2. The Hall–Kier alpha value is -1.68. The molecule has 1 amide bonds. The van der Waals surface area contributed by atoms with Crippen molar-refractivity contribution in [1.29, 1.82) is 0 Å². The van der Waals surface area contributed by atoms with Gasteiger partial charge in [0.05, 0.1) is 11.3 Å². The van der Waals surface area contributed by atoms with Crippen LogP contribution < -0.4 is 5.32 Å². The molecule has 0 saturated carbocycles. The Morgan fingerprint density at radius 2 is 1.90 bits per heavy atom. The maximum atomic E-state index is 12.0. The summed E-state index contributed by atoms with van der Waals surface area (Å²) < 4.78 is 0. The molecule has 0 radical (unpaired) electrons. The highest BCUT2D eigenvalue weighted by Crippen LogP contribution is 2.32. The standard InChI is InChI=1S/C16H20N2O2/c1-10-9-12(5-8-18-6-3-4-7-18)11(2)13-14(10)17-16(20)15(13)19/h9H,3-8H2,1-2H3,(H,17,19,20). The summed E-state index contributed by atoms with van der Waals surface area (Å²) in [7, 11) is 0. The summed E-state index contributed by atoms with van der Waals surface area (Å²) in [5, 5.41) is 2.68. The topological polar surface area (TPSA) is 49.4 Å². The molecule has 4 nitrogen and oxygen atoms in total. The molecule has 0 atom stereocenters. The minimum Gasteiger partial charge on any atom is -0.318 e. The van der Waals surface area contributed by atoms with Crippen LogP contribution in [0.2, 0.25) is 0 Å². The van der Waals surface area contributed by atoms with Crippen molar-refractivity contribution in [3.8, 4) is 0 Å². The molecule has 0 aliphatic carbocycles. The first kappa shape index (κ1) is 13.3. The first-order valence-electron chi connectivity index (χ1n) is 7.29. The molecule has 3 rings (SSSR count). The first-order valence-corrected chi connectivity index (χ1v) is 7.29. The largest absolute Gasteiger partial charge is 0.318 e. The molecule has 2 heterocycles. The number of carbonyl (C=O) groups excluding carboxylic acids is 2. The summed E-state index contributed by atoms with van der Waals surface area (Å²) in [5.74, 6) is -0.883. The van der Waals surface area contributed by atoms with E-state index in [0.717, 1.165) is 24.1 Å². The lowest BCUT2D eigenvalue weighted by Crippen LogP contribution is -2.22. The minimum absolute atomic E-state index is 0.386. The summed E-state index contributed by atoms with van der Waals surface area (Å²) in [6, 6.07) is 2.11. The zero-order valence-corrected chi connectivity index (χ0v) is 12.1. The van der Waals surface area contributed by atoms with Crippen molar-refractivity contribution in [3.05, 3.63) is 28.3 Å². The van der Waals surface area contributed by atoms with Crippen molar-refractivity contribution >= 4 is 17.4 Å². The van der Waals surface area contributed by atoms with Crippen LogP contribution in [-0.4, -0.2) is 36.2 Å². The molecule has 1 N–H and O–H groups in total. The van der Waals surface area contributed by atoms with E-state index in [2.05, 4.69) is 16.3 Å². The molecule has 106 valence electrons. The number of hydrogen-bond acceptors (Lipinski definition) is 3. The minimum atomic E-state index is -0.497. The number of ketones is 1. The number of likely N-dealkylation sites (tertiary alicyclic amines) is 1. The lowest BCUT2D eigenvalue weighted by molar-refractivity contribution is -0.112. The van der Waals surface area contributed by atoms with E-state index in [1.807, 2.05) is 13.8 Å². The lowest BCUT2D eigenvalue weighted by Gasteiger charge is -2.17. The normalized spacial score (nSPS) is 18.5. The van der Waals surface area contributed by atoms with Crippen LogP contribution in [0.4, 0.5) is 5.69 Å². The smallest absolute Gasteiger partial charge is 0.296 e. The van der Waals surface area contributed by atoms with Crippen LogP contribution in [0.15, 0.2) is 6.07 Å². The quantitative estimate of drug-likeness (QED) is 0.857. The van der Waals surface area contributed by atoms with E-state index in [-0.39, 0.29) is 5.78 Å². The molecule has 1 fully saturated rings. The van der Waals surface area contributed by atoms with Gasteiger partial charge in [0.2, 0.25) is 0 Å². The Kier molecular flexibility index (Phi) is 3.34. The maximum absolute atomic E-state index is 12.0. The van der Waals surface area contributed by atoms with Gasteiger partial charge in [-0.2, -0.15) is 0 Å². The summed E-state index contributed by atoms with van der Waals surface area (Å²) in [6.45, 7) is 7.31. The van der Waals surface area contributed by atoms with E-state index in [9.17, 15) is 9.59 Å². The second-order valence-corrected chi connectivity index (χ2v) is 5.81. The second-order valence-electron chi connectivity index (χ2n) is 5.81. The number of anilines is 1. The molecule has 1 saturated heterocycles. The molecule has 1 aromatic carbocycles. The molecule has 0 bridgehead atoms. The second kappa shape index (κ2) is 5.02. The molecule has 2 aliphatic rings. The SMILES string of the molecule is Cc1cc(CCN2CCCC2)c(C)c2c1NC(=O)C2=O. The molecule has 1 aromatic rings. The van der Waals surface area contributed by atoms with Crippen molar-refractivity contribution in [1.82, 2.24) is 4.90 Å². The van der Waals surface area contributed by atoms with Crippen molar-refractivity contribution in [2.24, 2.45) is 0 Å². The number of nitrogens with zero attached hydrogens (tertiary/aromatic N) is 1. The summed E-state index contributed by atoms with van der Waals surface area (Å²) >= 11 is 0. The number of aryl methyl sites for hydroxylation is 1. The Labute approximate surface area is 119 Å². The summed E-state index contributed by atoms with van der Waals surface area (Å²) in [6.07, 6.45) is 3.53. The fourth-order valence-electron chi connectivity index (χ4n) is 3.26. The third-order valence-corrected chi connectivity index (χ3v) is 4.46. The van der Waals surface area contributed by atoms with E-state index >= 15 is 0 Å². The average Bonchev–Trinajstić information content (AvgIpc) is 3.02. The number of nitrogens with one attached hydrogen (secondary N) is 1. The van der Waals surface area contributed by atoms with Gasteiger partial charge in [-0.15, -0.1) is 0 Å². The third kappa shape index (κ3) is 2.14. The van der Waals surface area contributed by atoms with E-state index in [1.54, 1.807) is 0 Å². The zero-order chi connectivity index (χ0) is 14.3. The van der Waals surface area contributed by atoms with Gasteiger partial charge in [0.1, 0.15) is 0 Å². The van der Waals surface area contributed by atoms with E-state index < -0.39 is 5.91 Å². The van der Waals surface area contributed by atoms with Crippen LogP contribution in [0, 0.1) is 13.8 Å². The van der Waals surface area contributed by atoms with E-state index in [1.165, 1.54) is 31.5 Å². The number of amides is 1. The predicted octanol–water partition coefficient (Wildman–Crippen LogP) is 2.08. The zero-order valence-electron chi connectivity index (χ0n) is 12.1. The number of rotatable bonds is 3. The van der Waals surface area contributed by atoms with Crippen molar-refractivity contribution in [3.63, 3.8) is 0 Å². The number of fused-ring (bicyclic) bond motifs is 1. The third-order valence-electron chi connectivity index (χ3n) is 4.46. The van der Waals surface area contributed by atoms with Crippen LogP contribution >= 0.6 is 0 Å². The van der Waals surface area contributed by atoms with E-state index in [4.69, 9.17) is 0 Å². The van der Waals surface area contributed by atoms with Gasteiger partial charge in [-0.05, 0) is 62.9 Å². The molecule has 0 unspecified atom stereocenters. The lowest BCUT2D eigenvalue weighted by atomic mass is 9.94. The Balaban J connectivity index is 1.87. The van der Waals surface area contributed by atoms with Gasteiger partial charge in [-0.25, -0.2) is 0 Å². The van der Waals surface area contributed by atoms with Crippen LogP contribution in [0.25, 0.3) is 0 Å². The molecule has 20 heavy (non-hydrogen) atoms. The Morgan fingerprint density at radius 1 is 1.20 bits per heavy atom. The summed E-state index contributed by atoms with van der Waals surface area (Å²) in [4.78, 5) is 26.0. The molecule has 0 spiro atoms. The predicted molar refractivity (Wildman–Crippen MR) is 78.3 cm³/mol. The maximum Gasteiger partial charge on any atom is 0.296 e. The Bertz CT molecular complexity index is 587. The van der Waals surface area contributed by atoms with Gasteiger partial charge < -0.3 is 10.2 Å². The highest BCUT2D eigenvalue weighted by Gasteiger charge is 2.32. The summed E-state index contributed by atoms with van der Waals surface area (Å²) in [5.41, 5.74) is 4.45. The van der Waals surface area contributed by atoms with Gasteiger partial charge in [-0.3, -0.25) is 9.59 Å². The van der Waals surface area contributed by atoms with Gasteiger partial charge in [0.25, 0.3) is 11.7 Å². The van der Waals surface area contributed by atoms with Gasteiger partial charge in [-0.1, -0.05) is 6.07 Å². The van der Waals surface area contributed by atoms with Crippen molar-refractivity contribution in [2.75, 3.05) is 25.0 Å².